The van der Waals surface area contributed by atoms with Crippen molar-refractivity contribution in [2.24, 2.45) is 0 Å². The van der Waals surface area contributed by atoms with Crippen molar-refractivity contribution in [2.45, 2.75) is 25.6 Å². The van der Waals surface area contributed by atoms with E-state index in [9.17, 15) is 18.0 Å². The van der Waals surface area contributed by atoms with Crippen molar-refractivity contribution in [3.63, 3.8) is 0 Å². The molecule has 3 nitrogen and oxygen atoms in total. The van der Waals surface area contributed by atoms with Crippen LogP contribution in [0, 0.1) is 0 Å². The van der Waals surface area contributed by atoms with Crippen LogP contribution in [-0.4, -0.2) is 17.2 Å². The summed E-state index contributed by atoms with van der Waals surface area (Å²) in [6.07, 6.45) is -5.39. The molecule has 17 heavy (non-hydrogen) atoms. The monoisotopic (exact) mass is 248 g/mol. The summed E-state index contributed by atoms with van der Waals surface area (Å²) in [5.74, 6) is -1.06. The number of hydrogen-bond acceptors (Lipinski definition) is 2. The third-order valence-corrected chi connectivity index (χ3v) is 1.96. The standard InChI is InChI=1S/C11H11F3O3/c1-7(5-10(15)16)17-9-4-2-3-8(6-9)11(12,13)14/h2-4,6-7H,5H2,1H3,(H,15,16). The topological polar surface area (TPSA) is 46.5 Å². The average Bonchev–Trinajstić information content (AvgIpc) is 2.15. The SMILES string of the molecule is CC(CC(=O)O)Oc1cccc(C(F)(F)F)c1. The van der Waals surface area contributed by atoms with Gasteiger partial charge in [0.2, 0.25) is 0 Å². The highest BCUT2D eigenvalue weighted by atomic mass is 19.4. The van der Waals surface area contributed by atoms with Gasteiger partial charge in [-0.1, -0.05) is 6.07 Å². The van der Waals surface area contributed by atoms with Gasteiger partial charge >= 0.3 is 12.1 Å². The van der Waals surface area contributed by atoms with Crippen LogP contribution in [0.1, 0.15) is 18.9 Å². The molecule has 6 heteroatoms. The van der Waals surface area contributed by atoms with Gasteiger partial charge in [0.05, 0.1) is 12.0 Å². The van der Waals surface area contributed by atoms with E-state index in [1.165, 1.54) is 19.1 Å². The van der Waals surface area contributed by atoms with E-state index in [2.05, 4.69) is 0 Å². The Balaban J connectivity index is 2.76. The Bertz CT molecular complexity index is 401. The number of benzene rings is 1. The van der Waals surface area contributed by atoms with Crippen molar-refractivity contribution < 1.29 is 27.8 Å². The van der Waals surface area contributed by atoms with E-state index in [0.717, 1.165) is 12.1 Å². The second-order valence-corrected chi connectivity index (χ2v) is 3.55. The summed E-state index contributed by atoms with van der Waals surface area (Å²) in [6.45, 7) is 1.48. The van der Waals surface area contributed by atoms with Crippen LogP contribution in [0.3, 0.4) is 0 Å². The molecule has 0 saturated heterocycles. The molecule has 1 aromatic rings. The maximum Gasteiger partial charge on any atom is 0.416 e. The molecule has 0 aliphatic carbocycles. The molecule has 1 unspecified atom stereocenters. The molecule has 0 amide bonds. The number of aliphatic carboxylic acids is 1. The van der Waals surface area contributed by atoms with Gasteiger partial charge in [0, 0.05) is 0 Å². The zero-order valence-electron chi connectivity index (χ0n) is 8.99. The zero-order valence-corrected chi connectivity index (χ0v) is 8.99. The number of carboxylic acids is 1. The van der Waals surface area contributed by atoms with E-state index >= 15 is 0 Å². The molecule has 1 aromatic carbocycles. The van der Waals surface area contributed by atoms with Crippen molar-refractivity contribution in [2.75, 3.05) is 0 Å². The summed E-state index contributed by atoms with van der Waals surface area (Å²) >= 11 is 0. The minimum Gasteiger partial charge on any atom is -0.490 e. The summed E-state index contributed by atoms with van der Waals surface area (Å²) in [7, 11) is 0. The van der Waals surface area contributed by atoms with Crippen LogP contribution in [0.5, 0.6) is 5.75 Å². The second-order valence-electron chi connectivity index (χ2n) is 3.55. The van der Waals surface area contributed by atoms with Gasteiger partial charge in [0.25, 0.3) is 0 Å². The fourth-order valence-corrected chi connectivity index (χ4v) is 1.27. The number of carbonyl (C=O) groups is 1. The Labute approximate surface area is 95.8 Å². The molecule has 94 valence electrons. The Morgan fingerprint density at radius 1 is 1.47 bits per heavy atom. The van der Waals surface area contributed by atoms with Gasteiger partial charge in [-0.2, -0.15) is 13.2 Å². The molecule has 0 saturated carbocycles. The maximum absolute atomic E-state index is 12.4. The molecular formula is C11H11F3O3. The first-order valence-electron chi connectivity index (χ1n) is 4.85. The second kappa shape index (κ2) is 5.07. The van der Waals surface area contributed by atoms with E-state index in [0.29, 0.717) is 0 Å². The third kappa shape index (κ3) is 4.34. The molecule has 1 N–H and O–H groups in total. The third-order valence-electron chi connectivity index (χ3n) is 1.96. The number of ether oxygens (including phenoxy) is 1. The number of halogens is 3. The Hall–Kier alpha value is -1.72. The minimum atomic E-state index is -4.44. The highest BCUT2D eigenvalue weighted by Crippen LogP contribution is 2.31. The van der Waals surface area contributed by atoms with Crippen molar-refractivity contribution in [3.8, 4) is 5.75 Å². The first-order valence-corrected chi connectivity index (χ1v) is 4.85. The Kier molecular flexibility index (Phi) is 3.98. The van der Waals surface area contributed by atoms with Gasteiger partial charge in [0.15, 0.2) is 0 Å². The van der Waals surface area contributed by atoms with E-state index in [1.807, 2.05) is 0 Å². The van der Waals surface area contributed by atoms with Gasteiger partial charge in [0.1, 0.15) is 11.9 Å². The molecule has 0 bridgehead atoms. The first-order chi connectivity index (χ1) is 7.79. The largest absolute Gasteiger partial charge is 0.490 e. The van der Waals surface area contributed by atoms with E-state index in [-0.39, 0.29) is 12.2 Å². The summed E-state index contributed by atoms with van der Waals surface area (Å²) < 4.78 is 42.2. The maximum atomic E-state index is 12.4. The predicted molar refractivity (Wildman–Crippen MR) is 53.8 cm³/mol. The van der Waals surface area contributed by atoms with Crippen molar-refractivity contribution in [1.29, 1.82) is 0 Å². The normalized spacial score (nSPS) is 13.2. The van der Waals surface area contributed by atoms with E-state index < -0.39 is 23.8 Å². The lowest BCUT2D eigenvalue weighted by Gasteiger charge is -2.14. The molecule has 1 rings (SSSR count). The van der Waals surface area contributed by atoms with Crippen molar-refractivity contribution in [3.05, 3.63) is 29.8 Å². The molecule has 0 spiro atoms. The van der Waals surface area contributed by atoms with Crippen molar-refractivity contribution in [1.82, 2.24) is 0 Å². The van der Waals surface area contributed by atoms with Crippen LogP contribution in [-0.2, 0) is 11.0 Å². The van der Waals surface area contributed by atoms with Crippen LogP contribution in [0.2, 0.25) is 0 Å². The average molecular weight is 248 g/mol. The van der Waals surface area contributed by atoms with Crippen LogP contribution in [0.25, 0.3) is 0 Å². The molecule has 0 aliphatic rings. The lowest BCUT2D eigenvalue weighted by atomic mass is 10.2. The van der Waals surface area contributed by atoms with E-state index in [4.69, 9.17) is 9.84 Å². The molecule has 0 heterocycles. The van der Waals surface area contributed by atoms with Gasteiger partial charge in [-0.05, 0) is 25.1 Å². The predicted octanol–water partition coefficient (Wildman–Crippen LogP) is 2.95. The lowest BCUT2D eigenvalue weighted by Crippen LogP contribution is -2.17. The number of rotatable bonds is 4. The minimum absolute atomic E-state index is 0.00794. The summed E-state index contributed by atoms with van der Waals surface area (Å²) in [5, 5.41) is 8.49. The van der Waals surface area contributed by atoms with Crippen LogP contribution in [0.4, 0.5) is 13.2 Å². The quantitative estimate of drug-likeness (QED) is 0.891. The fourth-order valence-electron chi connectivity index (χ4n) is 1.27. The van der Waals surface area contributed by atoms with E-state index in [1.54, 1.807) is 0 Å². The van der Waals surface area contributed by atoms with Gasteiger partial charge in [-0.15, -0.1) is 0 Å². The molecule has 1 atom stereocenters. The smallest absolute Gasteiger partial charge is 0.416 e. The highest BCUT2D eigenvalue weighted by Gasteiger charge is 2.30. The van der Waals surface area contributed by atoms with Gasteiger partial charge in [-0.3, -0.25) is 4.79 Å². The Morgan fingerprint density at radius 3 is 2.65 bits per heavy atom. The van der Waals surface area contributed by atoms with Crippen LogP contribution in [0.15, 0.2) is 24.3 Å². The number of alkyl halides is 3. The van der Waals surface area contributed by atoms with Gasteiger partial charge < -0.3 is 9.84 Å². The number of carboxylic acid groups (broad SMARTS) is 1. The molecule has 0 radical (unpaired) electrons. The molecule has 0 fully saturated rings. The fraction of sp³-hybridized carbons (Fsp3) is 0.364. The first kappa shape index (κ1) is 13.3. The van der Waals surface area contributed by atoms with Crippen molar-refractivity contribution >= 4 is 5.97 Å². The molecule has 0 aliphatic heterocycles. The highest BCUT2D eigenvalue weighted by molar-refractivity contribution is 5.67. The van der Waals surface area contributed by atoms with Crippen LogP contribution < -0.4 is 4.74 Å². The molecule has 0 aromatic heterocycles. The summed E-state index contributed by atoms with van der Waals surface area (Å²) in [4.78, 5) is 10.4. The summed E-state index contributed by atoms with van der Waals surface area (Å²) in [5.41, 5.74) is -0.822. The lowest BCUT2D eigenvalue weighted by molar-refractivity contribution is -0.139. The zero-order chi connectivity index (χ0) is 13.1. The molecular weight excluding hydrogens is 237 g/mol. The Morgan fingerprint density at radius 2 is 2.12 bits per heavy atom. The number of hydrogen-bond donors (Lipinski definition) is 1. The summed E-state index contributed by atoms with van der Waals surface area (Å²) in [6, 6.07) is 4.34. The van der Waals surface area contributed by atoms with Gasteiger partial charge in [-0.25, -0.2) is 0 Å². The van der Waals surface area contributed by atoms with Crippen LogP contribution >= 0.6 is 0 Å².